The highest BCUT2D eigenvalue weighted by atomic mass is 32.1. The second-order valence-corrected chi connectivity index (χ2v) is 14.0. The van der Waals surface area contributed by atoms with E-state index in [0.29, 0.717) is 38.9 Å². The molecule has 2 aromatic carbocycles. The van der Waals surface area contributed by atoms with E-state index in [4.69, 9.17) is 4.74 Å². The van der Waals surface area contributed by atoms with Crippen molar-refractivity contribution in [1.29, 1.82) is 0 Å². The molecule has 1 unspecified atom stereocenters. The lowest BCUT2D eigenvalue weighted by Gasteiger charge is -2.39. The molecule has 2 fully saturated rings. The van der Waals surface area contributed by atoms with Crippen molar-refractivity contribution in [3.63, 3.8) is 0 Å². The van der Waals surface area contributed by atoms with Gasteiger partial charge in [0.15, 0.2) is 0 Å². The molecule has 5 N–H and O–H groups in total. The van der Waals surface area contributed by atoms with Gasteiger partial charge in [-0.05, 0) is 68.1 Å². The molecule has 0 saturated carbocycles. The summed E-state index contributed by atoms with van der Waals surface area (Å²) >= 11 is 1.26. The summed E-state index contributed by atoms with van der Waals surface area (Å²) in [6, 6.07) is 14.1. The molecule has 4 rings (SSSR count). The van der Waals surface area contributed by atoms with E-state index in [9.17, 15) is 29.7 Å². The maximum absolute atomic E-state index is 12.5. The lowest BCUT2D eigenvalue weighted by molar-refractivity contribution is -0.209. The zero-order valence-electron chi connectivity index (χ0n) is 29.6. The van der Waals surface area contributed by atoms with Crippen molar-refractivity contribution in [3.8, 4) is 5.18 Å². The number of hydrogen-bond donors (Lipinski definition) is 5. The molecule has 5 atom stereocenters. The van der Waals surface area contributed by atoms with E-state index in [1.165, 1.54) is 11.2 Å². The fraction of sp³-hybridized carbons (Fsp3) is 0.568. The van der Waals surface area contributed by atoms with Crippen LogP contribution in [-0.4, -0.2) is 145 Å². The van der Waals surface area contributed by atoms with Crippen molar-refractivity contribution in [3.05, 3.63) is 70.3 Å². The topological polar surface area (TPSA) is 155 Å². The van der Waals surface area contributed by atoms with Crippen LogP contribution in [0.15, 0.2) is 42.5 Å². The molecule has 0 spiro atoms. The molecule has 13 heteroatoms. The van der Waals surface area contributed by atoms with Crippen LogP contribution in [0.25, 0.3) is 0 Å². The highest BCUT2D eigenvalue weighted by Crippen LogP contribution is 2.33. The van der Waals surface area contributed by atoms with Crippen molar-refractivity contribution in [2.75, 3.05) is 72.7 Å². The molecule has 12 nitrogen and oxygen atoms in total. The zero-order valence-corrected chi connectivity index (χ0v) is 30.5. The Bertz CT molecular complexity index is 1510. The summed E-state index contributed by atoms with van der Waals surface area (Å²) in [7, 11) is 3.91. The molecule has 2 aromatic rings. The smallest absolute Gasteiger partial charge is 0.239 e. The number of nitrogens with zero attached hydrogens (tertiary/aromatic N) is 3. The van der Waals surface area contributed by atoms with Crippen LogP contribution in [0.2, 0.25) is 0 Å². The summed E-state index contributed by atoms with van der Waals surface area (Å²) in [4.78, 5) is 43.0. The predicted octanol–water partition coefficient (Wildman–Crippen LogP) is 0.692. The van der Waals surface area contributed by atoms with E-state index in [0.717, 1.165) is 60.4 Å². The van der Waals surface area contributed by atoms with Gasteiger partial charge in [0, 0.05) is 51.9 Å². The van der Waals surface area contributed by atoms with Crippen molar-refractivity contribution in [2.24, 2.45) is 0 Å². The fourth-order valence-electron chi connectivity index (χ4n) is 6.11. The highest BCUT2D eigenvalue weighted by molar-refractivity contribution is 7.87. The zero-order chi connectivity index (χ0) is 36.2. The van der Waals surface area contributed by atoms with Gasteiger partial charge in [-0.2, -0.15) is 0 Å². The summed E-state index contributed by atoms with van der Waals surface area (Å²) in [6.07, 6.45) is -1.34. The van der Waals surface area contributed by atoms with E-state index in [-0.39, 0.29) is 24.3 Å². The third-order valence-corrected chi connectivity index (χ3v) is 9.83. The third-order valence-electron chi connectivity index (χ3n) is 9.36. The molecule has 0 aromatic heterocycles. The molecule has 50 heavy (non-hydrogen) atoms. The molecular weight excluding hydrogens is 659 g/mol. The van der Waals surface area contributed by atoms with Gasteiger partial charge in [-0.25, -0.2) is 0 Å². The van der Waals surface area contributed by atoms with Crippen LogP contribution in [0.5, 0.6) is 0 Å². The summed E-state index contributed by atoms with van der Waals surface area (Å²) in [5, 5.41) is 39.8. The second-order valence-electron chi connectivity index (χ2n) is 13.4. The van der Waals surface area contributed by atoms with Crippen LogP contribution >= 0.6 is 11.2 Å². The largest absolute Gasteiger partial charge is 0.387 e. The number of piperazine rings is 1. The monoisotopic (exact) mass is 711 g/mol. The van der Waals surface area contributed by atoms with Gasteiger partial charge in [-0.15, -0.1) is 11.2 Å². The summed E-state index contributed by atoms with van der Waals surface area (Å²) in [5.41, 5.74) is 5.08. The quantitative estimate of drug-likeness (QED) is 0.191. The van der Waals surface area contributed by atoms with Gasteiger partial charge >= 0.3 is 0 Å². The number of aliphatic hydroxyl groups is 3. The van der Waals surface area contributed by atoms with Gasteiger partial charge in [-0.3, -0.25) is 19.3 Å². The number of aryl methyl sites for hydroxylation is 2. The van der Waals surface area contributed by atoms with Crippen molar-refractivity contribution < 1.29 is 34.4 Å². The van der Waals surface area contributed by atoms with Crippen LogP contribution in [0.1, 0.15) is 46.8 Å². The first kappa shape index (κ1) is 39.4. The van der Waals surface area contributed by atoms with Gasteiger partial charge in [0.25, 0.3) is 0 Å². The van der Waals surface area contributed by atoms with Gasteiger partial charge < -0.3 is 40.5 Å². The lowest BCUT2D eigenvalue weighted by atomic mass is 9.89. The molecule has 2 heterocycles. The summed E-state index contributed by atoms with van der Waals surface area (Å²) < 4.78 is 5.95. The number of likely N-dealkylation sites (N-methyl/N-ethyl adjacent to an activating group) is 2. The van der Waals surface area contributed by atoms with E-state index in [1.807, 2.05) is 42.0 Å². The Labute approximate surface area is 299 Å². The van der Waals surface area contributed by atoms with Gasteiger partial charge in [0.1, 0.15) is 30.5 Å². The Balaban J connectivity index is 1.14. The van der Waals surface area contributed by atoms with Crippen LogP contribution in [0.3, 0.4) is 0 Å². The second kappa shape index (κ2) is 19.3. The predicted molar refractivity (Wildman–Crippen MR) is 194 cm³/mol. The van der Waals surface area contributed by atoms with Gasteiger partial charge in [-0.1, -0.05) is 47.6 Å². The maximum atomic E-state index is 12.5. The van der Waals surface area contributed by atoms with Crippen LogP contribution < -0.4 is 10.6 Å². The Morgan fingerprint density at radius 1 is 0.960 bits per heavy atom. The summed E-state index contributed by atoms with van der Waals surface area (Å²) in [5.74, 6) is -0.334. The fourth-order valence-corrected chi connectivity index (χ4v) is 6.53. The Morgan fingerprint density at radius 2 is 1.66 bits per heavy atom. The number of carbonyl (C=O) groups is 3. The number of nitrogens with one attached hydrogen (secondary N) is 2. The number of aliphatic hydroxyl groups excluding tert-OH is 3. The number of rotatable bonds is 14. The first-order valence-corrected chi connectivity index (χ1v) is 18.5. The van der Waals surface area contributed by atoms with Crippen molar-refractivity contribution >= 4 is 28.9 Å². The molecule has 0 radical (unpaired) electrons. The van der Waals surface area contributed by atoms with Gasteiger partial charge in [0.05, 0.1) is 13.1 Å². The Morgan fingerprint density at radius 3 is 2.36 bits per heavy atom. The number of amides is 3. The van der Waals surface area contributed by atoms with E-state index in [2.05, 4.69) is 52.0 Å². The van der Waals surface area contributed by atoms with Crippen LogP contribution in [0, 0.1) is 12.1 Å². The number of benzene rings is 2. The lowest BCUT2D eigenvalue weighted by Crippen LogP contribution is -2.53. The molecule has 0 bridgehead atoms. The molecule has 274 valence electrons. The number of ether oxygens (including phenoxy) is 1. The molecule has 2 aliphatic rings. The highest BCUT2D eigenvalue weighted by Gasteiger charge is 2.43. The maximum Gasteiger partial charge on any atom is 0.239 e. The normalized spacial score (nSPS) is 22.6. The average molecular weight is 712 g/mol. The minimum absolute atomic E-state index is 0.0816. The average Bonchev–Trinajstić information content (AvgIpc) is 3.09. The number of carbonyl (C=O) groups excluding carboxylic acids is 3. The first-order chi connectivity index (χ1) is 23.9. The first-order valence-electron chi connectivity index (χ1n) is 17.3. The number of hydrogen-bond acceptors (Lipinski definition) is 9. The molecule has 2 saturated heterocycles. The standard InChI is InChI=1S/C37H53N5O7S/c1-25-8-13-28(37-36(48)35(47)34(46)30(49-37)24-50-4)21-29(25)20-27-11-9-26(10-12-27)6-5-7-31(43)39-22-32(44)38-14-15-41(3)23-33(45)42-18-16-40(2)17-19-42/h8-13,21,30,34-37,46-48H,5-7,14-20,22-23H2,1-4H3,(H,38,44)(H,39,43)/t30?,34-,35+,36-,37+/m1/s1. The van der Waals surface area contributed by atoms with Crippen molar-refractivity contribution in [2.45, 2.75) is 63.1 Å². The Hall–Kier alpha value is -3.39. The minimum atomic E-state index is -1.35. The van der Waals surface area contributed by atoms with E-state index < -0.39 is 30.5 Å². The van der Waals surface area contributed by atoms with Crippen LogP contribution in [-0.2, 0) is 32.0 Å². The summed E-state index contributed by atoms with van der Waals surface area (Å²) in [6.45, 7) is 6.43. The minimum Gasteiger partial charge on any atom is -0.387 e. The van der Waals surface area contributed by atoms with E-state index >= 15 is 0 Å². The molecule has 0 aliphatic carbocycles. The van der Waals surface area contributed by atoms with Gasteiger partial charge in [0.2, 0.25) is 17.7 Å². The Kier molecular flexibility index (Phi) is 15.2. The SMILES string of the molecule is CS#CC1O[C@@H](c2ccc(C)c(Cc3ccc(CCCC(=O)NCC(=O)NCCN(C)CC(=O)N4CCN(C)CC4)cc3)c2)[C@H](O)[C@@H](O)[C@@H]1O. The molecule has 3 amide bonds. The third kappa shape index (κ3) is 11.6. The molecule has 2 aliphatic heterocycles. The van der Waals surface area contributed by atoms with Crippen molar-refractivity contribution in [1.82, 2.24) is 25.3 Å². The van der Waals surface area contributed by atoms with Crippen LogP contribution in [0.4, 0.5) is 0 Å². The van der Waals surface area contributed by atoms with E-state index in [1.54, 1.807) is 6.26 Å². The molecular formula is C37H53N5O7S.